The number of nitrogens with one attached hydrogen (secondary N) is 1. The Morgan fingerprint density at radius 3 is 2.67 bits per heavy atom. The van der Waals surface area contributed by atoms with Gasteiger partial charge in [0.05, 0.1) is 69.1 Å². The number of rotatable bonds is 7. The molecule has 2 aliphatic heterocycles. The third-order valence-electron chi connectivity index (χ3n) is 7.12. The summed E-state index contributed by atoms with van der Waals surface area (Å²) in [6.07, 6.45) is -0.535. The number of nitrogens with zero attached hydrogens (tertiary/aromatic N) is 6. The van der Waals surface area contributed by atoms with Gasteiger partial charge in [0, 0.05) is 6.54 Å². The number of fused-ring (bicyclic) bond motifs is 2. The van der Waals surface area contributed by atoms with Crippen LogP contribution in [0.1, 0.15) is 6.42 Å². The van der Waals surface area contributed by atoms with E-state index < -0.39 is 43.1 Å². The summed E-state index contributed by atoms with van der Waals surface area (Å²) in [4.78, 5) is 9.72. The smallest absolute Gasteiger partial charge is 0.280 e. The van der Waals surface area contributed by atoms with Crippen LogP contribution in [-0.2, 0) is 11.3 Å². The van der Waals surface area contributed by atoms with Crippen LogP contribution in [0, 0.1) is 11.6 Å². The van der Waals surface area contributed by atoms with Gasteiger partial charge in [0.15, 0.2) is 11.6 Å². The zero-order chi connectivity index (χ0) is 27.5. The first kappa shape index (κ1) is 25.7. The molecule has 1 aromatic carbocycles. The fraction of sp³-hybridized carbons (Fsp3) is 0.458. The van der Waals surface area contributed by atoms with Crippen LogP contribution >= 0.6 is 0 Å². The first-order valence-electron chi connectivity index (χ1n) is 12.2. The second-order valence-electron chi connectivity index (χ2n) is 9.61. The predicted octanol–water partition coefficient (Wildman–Crippen LogP) is 3.82. The van der Waals surface area contributed by atoms with E-state index in [0.717, 1.165) is 27.7 Å². The second-order valence-corrected chi connectivity index (χ2v) is 9.61. The van der Waals surface area contributed by atoms with Gasteiger partial charge in [0.2, 0.25) is 11.8 Å². The fourth-order valence-corrected chi connectivity index (χ4v) is 5.10. The van der Waals surface area contributed by atoms with E-state index in [1.807, 2.05) is 0 Å². The molecule has 5 heterocycles. The summed E-state index contributed by atoms with van der Waals surface area (Å²) in [5.41, 5.74) is -0.229. The van der Waals surface area contributed by atoms with Gasteiger partial charge < -0.3 is 19.4 Å². The van der Waals surface area contributed by atoms with Gasteiger partial charge in [-0.15, -0.1) is 5.10 Å². The molecule has 208 valence electrons. The summed E-state index contributed by atoms with van der Waals surface area (Å²) in [7, 11) is 1.26. The average molecular weight is 555 g/mol. The Morgan fingerprint density at radius 1 is 1.21 bits per heavy atom. The van der Waals surface area contributed by atoms with E-state index in [4.69, 9.17) is 9.47 Å². The van der Waals surface area contributed by atoms with Gasteiger partial charge >= 0.3 is 0 Å². The average Bonchev–Trinajstić information content (AvgIpc) is 3.38. The number of benzene rings is 1. The van der Waals surface area contributed by atoms with Gasteiger partial charge in [-0.2, -0.15) is 4.98 Å². The Balaban J connectivity index is 1.35. The maximum absolute atomic E-state index is 15.3. The number of hydrogen-bond donors (Lipinski definition) is 1. The van der Waals surface area contributed by atoms with Gasteiger partial charge in [-0.05, 0) is 24.1 Å². The van der Waals surface area contributed by atoms with Crippen LogP contribution in [0.5, 0.6) is 5.88 Å². The van der Waals surface area contributed by atoms with E-state index in [1.165, 1.54) is 13.2 Å². The van der Waals surface area contributed by atoms with E-state index in [-0.39, 0.29) is 52.0 Å². The van der Waals surface area contributed by atoms with Gasteiger partial charge in [-0.3, -0.25) is 4.90 Å². The van der Waals surface area contributed by atoms with Crippen molar-refractivity contribution in [1.82, 2.24) is 29.0 Å². The molecule has 0 radical (unpaired) electrons. The number of hydrogen-bond acceptors (Lipinski definition) is 7. The van der Waals surface area contributed by atoms with Crippen LogP contribution in [0.3, 0.4) is 0 Å². The molecule has 4 aromatic rings. The van der Waals surface area contributed by atoms with Crippen molar-refractivity contribution in [2.45, 2.75) is 37.4 Å². The van der Waals surface area contributed by atoms with E-state index in [2.05, 4.69) is 20.4 Å². The Labute approximate surface area is 217 Å². The van der Waals surface area contributed by atoms with Crippen molar-refractivity contribution >= 4 is 22.5 Å². The van der Waals surface area contributed by atoms with E-state index >= 15 is 4.39 Å². The molecule has 2 saturated heterocycles. The molecule has 3 aromatic heterocycles. The molecule has 15 heteroatoms. The van der Waals surface area contributed by atoms with Crippen molar-refractivity contribution in [3.63, 3.8) is 0 Å². The molecule has 1 atom stereocenters. The summed E-state index contributed by atoms with van der Waals surface area (Å²) < 4.78 is 98.7. The zero-order valence-corrected chi connectivity index (χ0v) is 20.6. The maximum atomic E-state index is 15.3. The summed E-state index contributed by atoms with van der Waals surface area (Å²) >= 11 is 0. The van der Waals surface area contributed by atoms with Gasteiger partial charge in [0.1, 0.15) is 11.0 Å². The molecule has 0 amide bonds. The van der Waals surface area contributed by atoms with Crippen LogP contribution in [0.15, 0.2) is 24.7 Å². The third-order valence-corrected chi connectivity index (χ3v) is 7.12. The van der Waals surface area contributed by atoms with Crippen molar-refractivity contribution < 1.29 is 35.8 Å². The highest BCUT2D eigenvalue weighted by atomic mass is 19.3. The number of halogens is 6. The molecule has 0 bridgehead atoms. The Morgan fingerprint density at radius 2 is 2.00 bits per heavy atom. The molecule has 0 spiro atoms. The van der Waals surface area contributed by atoms with Crippen LogP contribution in [0.2, 0.25) is 0 Å². The minimum Gasteiger partial charge on any atom is -0.479 e. The number of anilines is 1. The lowest BCUT2D eigenvalue weighted by Gasteiger charge is -2.44. The standard InChI is InChI=1S/C24H23F6N7O2/c1-38-22-21-19(12-4-14(25)20-16(5-12)36(11-31-20)7-18(27)28)15(26)6-37(21)34-23(33-22)32-17-2-3-35(10-24(17,29)30)13-8-39-9-13/h4-6,11,13,17-18H,2-3,7-10H2,1H3,(H,32,34). The molecule has 6 rings (SSSR count). The fourth-order valence-electron chi connectivity index (χ4n) is 5.10. The van der Waals surface area contributed by atoms with Crippen molar-refractivity contribution in [2.24, 2.45) is 0 Å². The molecule has 0 aliphatic carbocycles. The summed E-state index contributed by atoms with van der Waals surface area (Å²) in [5.74, 6) is -5.13. The predicted molar refractivity (Wildman–Crippen MR) is 127 cm³/mol. The highest BCUT2D eigenvalue weighted by molar-refractivity contribution is 5.90. The molecular formula is C24H23F6N7O2. The molecule has 2 fully saturated rings. The first-order chi connectivity index (χ1) is 18.6. The molecule has 0 saturated carbocycles. The minimum atomic E-state index is -3.10. The summed E-state index contributed by atoms with van der Waals surface area (Å²) in [6.45, 7) is 0.115. The monoisotopic (exact) mass is 555 g/mol. The highest BCUT2D eigenvalue weighted by Crippen LogP contribution is 2.37. The normalized spacial score (nSPS) is 20.2. The van der Waals surface area contributed by atoms with E-state index in [0.29, 0.717) is 19.8 Å². The topological polar surface area (TPSA) is 81.7 Å². The van der Waals surface area contributed by atoms with Crippen LogP contribution in [0.25, 0.3) is 27.7 Å². The quantitative estimate of drug-likeness (QED) is 0.348. The van der Waals surface area contributed by atoms with Crippen LogP contribution < -0.4 is 10.1 Å². The van der Waals surface area contributed by atoms with Gasteiger partial charge in [-0.1, -0.05) is 0 Å². The lowest BCUT2D eigenvalue weighted by molar-refractivity contribution is -0.131. The van der Waals surface area contributed by atoms with Crippen molar-refractivity contribution in [3.05, 3.63) is 36.3 Å². The Hall–Kier alpha value is -3.59. The molecule has 2 aliphatic rings. The number of aromatic nitrogens is 5. The van der Waals surface area contributed by atoms with Crippen molar-refractivity contribution in [1.29, 1.82) is 0 Å². The third kappa shape index (κ3) is 4.52. The summed E-state index contributed by atoms with van der Waals surface area (Å²) in [6, 6.07) is 1.06. The number of alkyl halides is 4. The van der Waals surface area contributed by atoms with Gasteiger partial charge in [0.25, 0.3) is 12.3 Å². The van der Waals surface area contributed by atoms with Crippen molar-refractivity contribution in [3.8, 4) is 17.0 Å². The lowest BCUT2D eigenvalue weighted by Crippen LogP contribution is -2.61. The molecule has 39 heavy (non-hydrogen) atoms. The summed E-state index contributed by atoms with van der Waals surface area (Å²) in [5, 5.41) is 6.82. The lowest BCUT2D eigenvalue weighted by atomic mass is 9.98. The number of likely N-dealkylation sites (tertiary alicyclic amines) is 1. The zero-order valence-electron chi connectivity index (χ0n) is 20.6. The van der Waals surface area contributed by atoms with Crippen LogP contribution in [0.4, 0.5) is 32.3 Å². The SMILES string of the molecule is COc1nc(NC2CCN(C3COC3)CC2(F)F)nn2cc(F)c(-c3cc(F)c4ncn(CC(F)F)c4c3)c12. The number of methoxy groups -OCH3 is 1. The van der Waals surface area contributed by atoms with E-state index in [9.17, 15) is 22.0 Å². The van der Waals surface area contributed by atoms with Crippen LogP contribution in [-0.4, -0.2) is 86.9 Å². The minimum absolute atomic E-state index is 0.00536. The Kier molecular flexibility index (Phi) is 6.29. The molecule has 9 nitrogen and oxygen atoms in total. The molecule has 1 unspecified atom stereocenters. The largest absolute Gasteiger partial charge is 0.479 e. The highest BCUT2D eigenvalue weighted by Gasteiger charge is 2.47. The second kappa shape index (κ2) is 9.55. The molecular weight excluding hydrogens is 532 g/mol. The maximum Gasteiger partial charge on any atom is 0.280 e. The van der Waals surface area contributed by atoms with Crippen molar-refractivity contribution in [2.75, 3.05) is 38.7 Å². The van der Waals surface area contributed by atoms with Gasteiger partial charge in [-0.25, -0.2) is 35.8 Å². The molecule has 1 N–H and O–H groups in total. The number of piperidine rings is 1. The number of imidazole rings is 1. The van der Waals surface area contributed by atoms with E-state index in [1.54, 1.807) is 4.90 Å². The first-order valence-corrected chi connectivity index (χ1v) is 12.2. The number of ether oxygens (including phenoxy) is 2. The Bertz CT molecular complexity index is 1540.